The highest BCUT2D eigenvalue weighted by atomic mass is 16.5. The van der Waals surface area contributed by atoms with Gasteiger partial charge in [0, 0.05) is 6.54 Å². The molecule has 47 valence electrons. The van der Waals surface area contributed by atoms with Gasteiger partial charge in [-0.2, -0.15) is 0 Å². The van der Waals surface area contributed by atoms with Gasteiger partial charge in [0.1, 0.15) is 0 Å². The summed E-state index contributed by atoms with van der Waals surface area (Å²) < 4.78 is 4.42. The largest absolute Gasteiger partial charge is 0.450 e. The molecule has 1 amide bonds. The predicted octanol–water partition coefficient (Wildman–Crippen LogP) is 0.567. The van der Waals surface area contributed by atoms with Crippen LogP contribution in [0.4, 0.5) is 4.79 Å². The molecule has 0 aromatic heterocycles. The van der Waals surface area contributed by atoms with Crippen LogP contribution in [0.25, 0.3) is 0 Å². The molecule has 0 aromatic rings. The van der Waals surface area contributed by atoms with Crippen LogP contribution in [-0.4, -0.2) is 19.2 Å². The van der Waals surface area contributed by atoms with Crippen molar-refractivity contribution >= 4 is 6.09 Å². The van der Waals surface area contributed by atoms with Gasteiger partial charge < -0.3 is 10.1 Å². The van der Waals surface area contributed by atoms with Gasteiger partial charge in [0.05, 0.1) is 6.61 Å². The zero-order valence-corrected chi connectivity index (χ0v) is 4.94. The summed E-state index contributed by atoms with van der Waals surface area (Å²) in [4.78, 5) is 10.3. The molecule has 0 aromatic carbocycles. The van der Waals surface area contributed by atoms with E-state index in [1.165, 1.54) is 0 Å². The molecule has 0 spiro atoms. The lowest BCUT2D eigenvalue weighted by molar-refractivity contribution is 0.158. The lowest BCUT2D eigenvalue weighted by Crippen LogP contribution is -2.23. The topological polar surface area (TPSA) is 38.3 Å². The minimum Gasteiger partial charge on any atom is -0.450 e. The molecule has 8 heavy (non-hydrogen) atoms. The summed E-state index contributed by atoms with van der Waals surface area (Å²) in [5.74, 6) is 0. The zero-order chi connectivity index (χ0) is 6.41. The molecule has 0 aliphatic rings. The molecule has 0 fully saturated rings. The molecular formula is C5H10NO2. The highest BCUT2D eigenvalue weighted by molar-refractivity contribution is 5.66. The van der Waals surface area contributed by atoms with Crippen molar-refractivity contribution in [3.8, 4) is 0 Å². The Morgan fingerprint density at radius 2 is 2.50 bits per heavy atom. The van der Waals surface area contributed by atoms with Gasteiger partial charge in [-0.3, -0.25) is 0 Å². The normalized spacial score (nSPS) is 8.25. The van der Waals surface area contributed by atoms with Crippen molar-refractivity contribution in [1.29, 1.82) is 0 Å². The molecule has 0 unspecified atom stereocenters. The molecule has 0 rings (SSSR count). The van der Waals surface area contributed by atoms with Crippen molar-refractivity contribution in [2.75, 3.05) is 13.2 Å². The van der Waals surface area contributed by atoms with E-state index in [4.69, 9.17) is 0 Å². The van der Waals surface area contributed by atoms with Crippen LogP contribution in [0.1, 0.15) is 6.92 Å². The lowest BCUT2D eigenvalue weighted by atomic mass is 10.7. The maximum atomic E-state index is 10.3. The molecule has 1 radical (unpaired) electrons. The van der Waals surface area contributed by atoms with Gasteiger partial charge in [-0.05, 0) is 13.8 Å². The van der Waals surface area contributed by atoms with Crippen molar-refractivity contribution in [3.05, 3.63) is 6.92 Å². The molecule has 0 aliphatic carbocycles. The number of ether oxygens (including phenoxy) is 1. The smallest absolute Gasteiger partial charge is 0.407 e. The second kappa shape index (κ2) is 4.43. The van der Waals surface area contributed by atoms with Crippen LogP contribution in [0.2, 0.25) is 0 Å². The first-order valence-corrected chi connectivity index (χ1v) is 2.51. The third-order valence-electron chi connectivity index (χ3n) is 0.554. The summed E-state index contributed by atoms with van der Waals surface area (Å²) in [6.07, 6.45) is -0.400. The van der Waals surface area contributed by atoms with E-state index in [1.807, 2.05) is 6.92 Å². The second-order valence-corrected chi connectivity index (χ2v) is 1.17. The molecule has 0 bridgehead atoms. The third kappa shape index (κ3) is 3.46. The minimum atomic E-state index is -0.400. The number of carbonyl (C=O) groups excluding carboxylic acids is 1. The standard InChI is InChI=1S/C5H10NO2/c1-3-6-5(7)8-4-2/h2-4H2,1H3,(H,6,7). The minimum absolute atomic E-state index is 0.186. The molecule has 0 saturated carbocycles. The first-order valence-electron chi connectivity index (χ1n) is 2.51. The zero-order valence-electron chi connectivity index (χ0n) is 4.94. The molecule has 3 nitrogen and oxygen atoms in total. The number of carbonyl (C=O) groups is 1. The summed E-state index contributed by atoms with van der Waals surface area (Å²) in [5.41, 5.74) is 0. The average molecular weight is 116 g/mol. The third-order valence-corrected chi connectivity index (χ3v) is 0.554. The monoisotopic (exact) mass is 116 g/mol. The Hall–Kier alpha value is -0.730. The van der Waals surface area contributed by atoms with E-state index >= 15 is 0 Å². The van der Waals surface area contributed by atoms with E-state index in [0.717, 1.165) is 0 Å². The van der Waals surface area contributed by atoms with E-state index in [9.17, 15) is 4.79 Å². The van der Waals surface area contributed by atoms with Gasteiger partial charge in [0.25, 0.3) is 0 Å². The van der Waals surface area contributed by atoms with Gasteiger partial charge in [-0.1, -0.05) is 0 Å². The Bertz CT molecular complexity index is 64.8. The Morgan fingerprint density at radius 1 is 1.88 bits per heavy atom. The van der Waals surface area contributed by atoms with Gasteiger partial charge in [0.15, 0.2) is 0 Å². The first-order chi connectivity index (χ1) is 3.81. The molecule has 1 N–H and O–H groups in total. The molecular weight excluding hydrogens is 106 g/mol. The summed E-state index contributed by atoms with van der Waals surface area (Å²) >= 11 is 0. The second-order valence-electron chi connectivity index (χ2n) is 1.17. The first kappa shape index (κ1) is 7.27. The van der Waals surface area contributed by atoms with Crippen molar-refractivity contribution in [3.63, 3.8) is 0 Å². The maximum Gasteiger partial charge on any atom is 0.407 e. The fraction of sp³-hybridized carbons (Fsp3) is 0.600. The van der Waals surface area contributed by atoms with Crippen molar-refractivity contribution in [1.82, 2.24) is 5.32 Å². The lowest BCUT2D eigenvalue weighted by Gasteiger charge is -1.99. The molecule has 0 atom stereocenters. The number of alkyl carbamates (subject to hydrolysis) is 1. The quantitative estimate of drug-likeness (QED) is 0.572. The number of hydrogen-bond acceptors (Lipinski definition) is 2. The SMILES string of the molecule is [CH2]COC(=O)NCC. The highest BCUT2D eigenvalue weighted by Gasteiger charge is 1.92. The fourth-order valence-electron chi connectivity index (χ4n) is 0.288. The Labute approximate surface area is 49.0 Å². The van der Waals surface area contributed by atoms with Crippen LogP contribution in [0, 0.1) is 6.92 Å². The fourth-order valence-corrected chi connectivity index (χ4v) is 0.288. The average Bonchev–Trinajstić information content (AvgIpc) is 1.68. The number of rotatable bonds is 2. The summed E-state index contributed by atoms with van der Waals surface area (Å²) in [5, 5.41) is 2.45. The molecule has 0 aliphatic heterocycles. The van der Waals surface area contributed by atoms with Gasteiger partial charge in [-0.15, -0.1) is 0 Å². The summed E-state index contributed by atoms with van der Waals surface area (Å²) in [7, 11) is 0. The van der Waals surface area contributed by atoms with Crippen LogP contribution < -0.4 is 5.32 Å². The summed E-state index contributed by atoms with van der Waals surface area (Å²) in [6, 6.07) is 0. The predicted molar refractivity (Wildman–Crippen MR) is 30.4 cm³/mol. The van der Waals surface area contributed by atoms with E-state index in [-0.39, 0.29) is 6.61 Å². The van der Waals surface area contributed by atoms with E-state index in [1.54, 1.807) is 0 Å². The van der Waals surface area contributed by atoms with E-state index in [0.29, 0.717) is 6.54 Å². The van der Waals surface area contributed by atoms with Crippen LogP contribution in [0.15, 0.2) is 0 Å². The molecule has 0 saturated heterocycles. The number of nitrogens with one attached hydrogen (secondary N) is 1. The highest BCUT2D eigenvalue weighted by Crippen LogP contribution is 1.72. The van der Waals surface area contributed by atoms with Crippen LogP contribution in [-0.2, 0) is 4.74 Å². The van der Waals surface area contributed by atoms with E-state index < -0.39 is 6.09 Å². The van der Waals surface area contributed by atoms with Gasteiger partial charge in [0.2, 0.25) is 0 Å². The van der Waals surface area contributed by atoms with Crippen molar-refractivity contribution in [2.24, 2.45) is 0 Å². The number of hydrogen-bond donors (Lipinski definition) is 1. The van der Waals surface area contributed by atoms with Crippen molar-refractivity contribution in [2.45, 2.75) is 6.92 Å². The van der Waals surface area contributed by atoms with Crippen molar-refractivity contribution < 1.29 is 9.53 Å². The molecule has 0 heterocycles. The van der Waals surface area contributed by atoms with Gasteiger partial charge in [-0.25, -0.2) is 4.79 Å². The summed E-state index contributed by atoms with van der Waals surface area (Å²) in [6.45, 7) is 5.93. The van der Waals surface area contributed by atoms with Gasteiger partial charge >= 0.3 is 6.09 Å². The van der Waals surface area contributed by atoms with Crippen LogP contribution in [0.5, 0.6) is 0 Å². The Balaban J connectivity index is 3.06. The Kier molecular flexibility index (Phi) is 4.03. The van der Waals surface area contributed by atoms with Crippen LogP contribution in [0.3, 0.4) is 0 Å². The molecule has 3 heteroatoms. The number of amides is 1. The van der Waals surface area contributed by atoms with E-state index in [2.05, 4.69) is 17.0 Å². The maximum absolute atomic E-state index is 10.3. The van der Waals surface area contributed by atoms with Crippen LogP contribution >= 0.6 is 0 Å². The Morgan fingerprint density at radius 3 is 2.88 bits per heavy atom.